The predicted octanol–water partition coefficient (Wildman–Crippen LogP) is 2.95. The van der Waals surface area contributed by atoms with E-state index in [2.05, 4.69) is 10.0 Å². The lowest BCUT2D eigenvalue weighted by Gasteiger charge is -2.21. The fraction of sp³-hybridized carbons (Fsp3) is 0.250. The summed E-state index contributed by atoms with van der Waals surface area (Å²) in [5, 5.41) is 3.39. The molecule has 5 aromatic rings. The van der Waals surface area contributed by atoms with Gasteiger partial charge in [0.05, 0.1) is 22.4 Å². The van der Waals surface area contributed by atoms with Crippen molar-refractivity contribution in [2.75, 3.05) is 12.4 Å². The topological polar surface area (TPSA) is 129 Å². The van der Waals surface area contributed by atoms with E-state index in [0.29, 0.717) is 35.0 Å². The molecule has 212 valence electrons. The number of hydrogen-bond acceptors (Lipinski definition) is 6. The highest BCUT2D eigenvalue weighted by molar-refractivity contribution is 7.88. The first kappa shape index (κ1) is 26.7. The Hall–Kier alpha value is -4.49. The zero-order chi connectivity index (χ0) is 29.4. The summed E-state index contributed by atoms with van der Waals surface area (Å²) in [5.74, 6) is -0.534. The Kier molecular flexibility index (Phi) is 6.05. The molecule has 13 heteroatoms. The van der Waals surface area contributed by atoms with Gasteiger partial charge in [-0.15, -0.1) is 0 Å². The van der Waals surface area contributed by atoms with Crippen molar-refractivity contribution >= 4 is 43.5 Å². The first-order valence-electron chi connectivity index (χ1n) is 12.9. The fourth-order valence-electron chi connectivity index (χ4n) is 5.32. The number of hydrogen-bond donors (Lipinski definition) is 2. The van der Waals surface area contributed by atoms with Crippen molar-refractivity contribution in [2.45, 2.75) is 32.7 Å². The third kappa shape index (κ3) is 4.03. The van der Waals surface area contributed by atoms with Crippen LogP contribution in [-0.4, -0.2) is 33.1 Å². The maximum atomic E-state index is 14.9. The number of fused-ring (bicyclic) bond motifs is 2. The van der Waals surface area contributed by atoms with E-state index in [1.165, 1.54) is 53.0 Å². The lowest BCUT2D eigenvalue weighted by molar-refractivity contribution is 0.581. The van der Waals surface area contributed by atoms with Crippen molar-refractivity contribution in [3.05, 3.63) is 96.8 Å². The van der Waals surface area contributed by atoms with E-state index in [1.807, 2.05) is 0 Å². The van der Waals surface area contributed by atoms with Crippen molar-refractivity contribution in [3.63, 3.8) is 0 Å². The summed E-state index contributed by atoms with van der Waals surface area (Å²) in [7, 11) is -1.13. The molecule has 0 amide bonds. The molecule has 1 fully saturated rings. The van der Waals surface area contributed by atoms with E-state index in [-0.39, 0.29) is 34.0 Å². The molecule has 1 aliphatic rings. The van der Waals surface area contributed by atoms with E-state index in [0.717, 1.165) is 3.97 Å². The Balaban J connectivity index is 1.77. The van der Waals surface area contributed by atoms with Gasteiger partial charge in [-0.3, -0.25) is 23.3 Å². The van der Waals surface area contributed by atoms with Gasteiger partial charge >= 0.3 is 15.9 Å². The van der Waals surface area contributed by atoms with E-state index in [1.54, 1.807) is 37.3 Å². The quantitative estimate of drug-likeness (QED) is 0.319. The Labute approximate surface area is 233 Å². The molecule has 3 heterocycles. The predicted molar refractivity (Wildman–Crippen MR) is 155 cm³/mol. The minimum atomic E-state index is -3.90. The van der Waals surface area contributed by atoms with E-state index >= 15 is 0 Å². The van der Waals surface area contributed by atoms with Gasteiger partial charge in [0, 0.05) is 37.3 Å². The zero-order valence-electron chi connectivity index (χ0n) is 22.7. The highest BCUT2D eigenvalue weighted by atomic mass is 32.2. The van der Waals surface area contributed by atoms with Crippen molar-refractivity contribution in [3.8, 4) is 5.69 Å². The van der Waals surface area contributed by atoms with Crippen LogP contribution in [0.5, 0.6) is 0 Å². The molecule has 0 aliphatic heterocycles. The van der Waals surface area contributed by atoms with Gasteiger partial charge in [0.1, 0.15) is 17.0 Å². The molecule has 0 radical (unpaired) electrons. The molecule has 2 N–H and O–H groups in total. The summed E-state index contributed by atoms with van der Waals surface area (Å²) in [6.07, 6.45) is 2.62. The monoisotopic (exact) mass is 578 g/mol. The molecule has 6 rings (SSSR count). The molecule has 0 atom stereocenters. The van der Waals surface area contributed by atoms with Gasteiger partial charge in [0.2, 0.25) is 0 Å². The smallest absolute Gasteiger partial charge is 0.336 e. The lowest BCUT2D eigenvalue weighted by Crippen LogP contribution is -2.41. The molecule has 1 aliphatic carbocycles. The van der Waals surface area contributed by atoms with Crippen molar-refractivity contribution < 1.29 is 12.8 Å². The summed E-state index contributed by atoms with van der Waals surface area (Å²) in [6.45, 7) is 3.26. The van der Waals surface area contributed by atoms with Gasteiger partial charge in [-0.25, -0.2) is 17.9 Å². The van der Waals surface area contributed by atoms with Crippen molar-refractivity contribution in [2.24, 2.45) is 7.05 Å². The molecule has 1 saturated carbocycles. The van der Waals surface area contributed by atoms with Crippen LogP contribution in [0.2, 0.25) is 0 Å². The van der Waals surface area contributed by atoms with Gasteiger partial charge in [-0.05, 0) is 62.6 Å². The summed E-state index contributed by atoms with van der Waals surface area (Å²) in [4.78, 5) is 41.6. The number of nitrogens with zero attached hydrogens (tertiary/aromatic N) is 4. The van der Waals surface area contributed by atoms with Crippen LogP contribution < -0.4 is 26.8 Å². The number of nitrogens with one attached hydrogen (secondary N) is 2. The minimum absolute atomic E-state index is 0.0361. The molecule has 0 bridgehead atoms. The number of aromatic nitrogens is 4. The average Bonchev–Trinajstić information content (AvgIpc) is 3.66. The third-order valence-corrected chi connectivity index (χ3v) is 8.92. The van der Waals surface area contributed by atoms with Crippen LogP contribution in [0.3, 0.4) is 0 Å². The maximum Gasteiger partial charge on any atom is 0.336 e. The highest BCUT2D eigenvalue weighted by Gasteiger charge is 2.32. The molecule has 0 spiro atoms. The van der Waals surface area contributed by atoms with E-state index in [4.69, 9.17) is 0 Å². The maximum absolute atomic E-state index is 14.9. The fourth-order valence-corrected chi connectivity index (χ4v) is 6.15. The van der Waals surface area contributed by atoms with E-state index < -0.39 is 32.8 Å². The Bertz CT molecular complexity index is 2210. The van der Waals surface area contributed by atoms with Crippen molar-refractivity contribution in [1.82, 2.24) is 22.4 Å². The van der Waals surface area contributed by atoms with Crippen LogP contribution in [0, 0.1) is 19.7 Å². The normalized spacial score (nSPS) is 13.8. The number of benzene rings is 2. The minimum Gasteiger partial charge on any atom is -0.338 e. The molecular formula is C28H27FN6O5S. The molecule has 0 saturated heterocycles. The molecule has 2 aromatic carbocycles. The number of anilines is 2. The second-order valence-electron chi connectivity index (χ2n) is 10.2. The second kappa shape index (κ2) is 9.28. The molecular weight excluding hydrogens is 551 g/mol. The Morgan fingerprint density at radius 3 is 2.39 bits per heavy atom. The van der Waals surface area contributed by atoms with Crippen LogP contribution >= 0.6 is 0 Å². The van der Waals surface area contributed by atoms with Gasteiger partial charge in [0.25, 0.3) is 11.1 Å². The Morgan fingerprint density at radius 1 is 1.00 bits per heavy atom. The number of rotatable bonds is 6. The molecule has 11 nitrogen and oxygen atoms in total. The van der Waals surface area contributed by atoms with E-state index in [9.17, 15) is 27.2 Å². The third-order valence-electron chi connectivity index (χ3n) is 7.56. The van der Waals surface area contributed by atoms with Crippen LogP contribution in [0.1, 0.15) is 30.0 Å². The van der Waals surface area contributed by atoms with Crippen LogP contribution in [-0.2, 0) is 17.3 Å². The van der Waals surface area contributed by atoms with Gasteiger partial charge in [-0.2, -0.15) is 8.42 Å². The summed E-state index contributed by atoms with van der Waals surface area (Å²) in [5.41, 5.74) is -0.204. The first-order valence-corrected chi connectivity index (χ1v) is 14.4. The van der Waals surface area contributed by atoms with Crippen molar-refractivity contribution in [1.29, 1.82) is 0 Å². The number of pyridine rings is 1. The highest BCUT2D eigenvalue weighted by Crippen LogP contribution is 2.35. The summed E-state index contributed by atoms with van der Waals surface area (Å²) < 4.78 is 47.3. The summed E-state index contributed by atoms with van der Waals surface area (Å²) in [6, 6.07) is 10.6. The largest absolute Gasteiger partial charge is 0.338 e. The van der Waals surface area contributed by atoms with Crippen LogP contribution in [0.15, 0.2) is 63.0 Å². The second-order valence-corrected chi connectivity index (χ2v) is 12.0. The molecule has 0 unspecified atom stereocenters. The van der Waals surface area contributed by atoms with Crippen LogP contribution in [0.25, 0.3) is 27.5 Å². The molecule has 3 aromatic heterocycles. The SMILES string of the molecule is CNS(=O)(=O)n1ccc2c(-n3c(=O)n(C4CC4)c(=O)c4c(Nc5ccc(C)cc5F)n(C)c(=O)c(C)c43)cccc21. The van der Waals surface area contributed by atoms with Gasteiger partial charge in [-0.1, -0.05) is 12.1 Å². The zero-order valence-corrected chi connectivity index (χ0v) is 23.5. The molecule has 41 heavy (non-hydrogen) atoms. The van der Waals surface area contributed by atoms with Gasteiger partial charge in [0.15, 0.2) is 0 Å². The van der Waals surface area contributed by atoms with Gasteiger partial charge < -0.3 is 5.32 Å². The van der Waals surface area contributed by atoms with Crippen LogP contribution in [0.4, 0.5) is 15.9 Å². The number of aryl methyl sites for hydroxylation is 2. The first-order chi connectivity index (χ1) is 19.5. The standard InChI is InChI=1S/C28H27FN6O5S/c1-15-8-11-20(19(29)14-15)31-25-23-24(16(2)26(36)32(25)4)35(28(38)34(27(23)37)17-9-10-17)22-7-5-6-21-18(22)12-13-33(21)41(39,40)30-3/h5-8,11-14,17,30-31H,9-10H2,1-4H3. The Morgan fingerprint density at radius 2 is 1.73 bits per heavy atom. The summed E-state index contributed by atoms with van der Waals surface area (Å²) >= 11 is 0. The number of halogens is 1. The lowest BCUT2D eigenvalue weighted by atomic mass is 10.1. The average molecular weight is 579 g/mol.